The first kappa shape index (κ1) is 18.1. The van der Waals surface area contributed by atoms with Crippen LogP contribution >= 0.6 is 11.8 Å². The number of hydrogen-bond donors (Lipinski definition) is 2. The molecule has 2 fully saturated rings. The van der Waals surface area contributed by atoms with Gasteiger partial charge in [-0.15, -0.1) is 0 Å². The van der Waals surface area contributed by atoms with E-state index in [0.29, 0.717) is 36.3 Å². The number of thioether (sulfide) groups is 1. The van der Waals surface area contributed by atoms with Crippen LogP contribution in [0.15, 0.2) is 24.3 Å². The summed E-state index contributed by atoms with van der Waals surface area (Å²) in [4.78, 5) is 24.1. The second-order valence-electron chi connectivity index (χ2n) is 6.56. The zero-order valence-corrected chi connectivity index (χ0v) is 14.1. The third kappa shape index (κ3) is 3.78. The molecular formula is C17H18F3NO3S. The second-order valence-corrected chi connectivity index (χ2v) is 7.79. The normalized spacial score (nSPS) is 25.2. The van der Waals surface area contributed by atoms with Gasteiger partial charge >= 0.3 is 12.1 Å². The average Bonchev–Trinajstić information content (AvgIpc) is 3.36. The summed E-state index contributed by atoms with van der Waals surface area (Å²) in [6.45, 7) is 0. The fraction of sp³-hybridized carbons (Fsp3) is 0.529. The first-order chi connectivity index (χ1) is 11.7. The summed E-state index contributed by atoms with van der Waals surface area (Å²) in [5.41, 5.74) is -1.51. The average molecular weight is 373 g/mol. The van der Waals surface area contributed by atoms with Gasteiger partial charge in [0.05, 0.1) is 5.56 Å². The van der Waals surface area contributed by atoms with Crippen LogP contribution in [-0.4, -0.2) is 34.0 Å². The van der Waals surface area contributed by atoms with Crippen molar-refractivity contribution in [2.45, 2.75) is 36.9 Å². The van der Waals surface area contributed by atoms with E-state index < -0.39 is 29.2 Å². The number of carboxylic acid groups (broad SMARTS) is 1. The number of aliphatic carboxylic acids is 1. The molecule has 2 aliphatic rings. The molecule has 3 rings (SSSR count). The topological polar surface area (TPSA) is 66.4 Å². The number of hydrogen-bond acceptors (Lipinski definition) is 3. The molecule has 8 heteroatoms. The summed E-state index contributed by atoms with van der Waals surface area (Å²) in [6, 6.07) is 4.99. The quantitative estimate of drug-likeness (QED) is 0.850. The molecular weight excluding hydrogens is 355 g/mol. The lowest BCUT2D eigenvalue weighted by atomic mass is 9.92. The second kappa shape index (κ2) is 6.55. The molecule has 1 saturated carbocycles. The number of rotatable bonds is 4. The summed E-state index contributed by atoms with van der Waals surface area (Å²) < 4.78 is 38.4. The van der Waals surface area contributed by atoms with Crippen LogP contribution in [0.5, 0.6) is 0 Å². The maximum atomic E-state index is 12.8. The Hall–Kier alpha value is -1.70. The maximum Gasteiger partial charge on any atom is 0.416 e. The van der Waals surface area contributed by atoms with E-state index in [1.54, 1.807) is 17.8 Å². The van der Waals surface area contributed by atoms with Gasteiger partial charge in [0.25, 0.3) is 0 Å². The van der Waals surface area contributed by atoms with Crippen molar-refractivity contribution >= 4 is 23.6 Å². The van der Waals surface area contributed by atoms with Crippen molar-refractivity contribution in [2.75, 3.05) is 11.5 Å². The number of carbonyl (C=O) groups excluding carboxylic acids is 1. The molecule has 0 aromatic heterocycles. The largest absolute Gasteiger partial charge is 0.480 e. The van der Waals surface area contributed by atoms with E-state index in [-0.39, 0.29) is 11.8 Å². The van der Waals surface area contributed by atoms with Crippen molar-refractivity contribution in [3.63, 3.8) is 0 Å². The number of benzene rings is 1. The molecule has 1 aliphatic heterocycles. The van der Waals surface area contributed by atoms with Crippen molar-refractivity contribution in [3.05, 3.63) is 35.4 Å². The number of amides is 1. The minimum Gasteiger partial charge on any atom is -0.480 e. The lowest BCUT2D eigenvalue weighted by Gasteiger charge is -2.33. The Morgan fingerprint density at radius 1 is 1.24 bits per heavy atom. The smallest absolute Gasteiger partial charge is 0.416 e. The molecule has 136 valence electrons. The first-order valence-corrected chi connectivity index (χ1v) is 9.19. The zero-order chi connectivity index (χ0) is 18.2. The molecule has 1 aliphatic carbocycles. The van der Waals surface area contributed by atoms with Crippen LogP contribution in [-0.2, 0) is 15.8 Å². The Labute approximate surface area is 147 Å². The third-order valence-corrected chi connectivity index (χ3v) is 5.87. The molecule has 0 bridgehead atoms. The van der Waals surface area contributed by atoms with Gasteiger partial charge in [0, 0.05) is 5.92 Å². The molecule has 1 aromatic rings. The molecule has 2 atom stereocenters. The highest BCUT2D eigenvalue weighted by Gasteiger charge is 2.49. The molecule has 2 unspecified atom stereocenters. The van der Waals surface area contributed by atoms with Crippen molar-refractivity contribution < 1.29 is 27.9 Å². The lowest BCUT2D eigenvalue weighted by molar-refractivity contribution is -0.148. The Morgan fingerprint density at radius 2 is 1.92 bits per heavy atom. The van der Waals surface area contributed by atoms with Crippen molar-refractivity contribution in [2.24, 2.45) is 5.92 Å². The van der Waals surface area contributed by atoms with Crippen LogP contribution < -0.4 is 5.32 Å². The molecule has 1 saturated heterocycles. The first-order valence-electron chi connectivity index (χ1n) is 8.03. The summed E-state index contributed by atoms with van der Waals surface area (Å²) >= 11 is 1.65. The summed E-state index contributed by atoms with van der Waals surface area (Å²) in [6.07, 6.45) is -3.26. The van der Waals surface area contributed by atoms with E-state index in [1.807, 2.05) is 0 Å². The number of nitrogens with one attached hydrogen (secondary N) is 1. The predicted octanol–water partition coefficient (Wildman–Crippen LogP) is 3.28. The molecule has 0 radical (unpaired) electrons. The van der Waals surface area contributed by atoms with Crippen LogP contribution in [0.1, 0.15) is 36.3 Å². The van der Waals surface area contributed by atoms with Gasteiger partial charge in [-0.05, 0) is 48.3 Å². The minimum atomic E-state index is -4.42. The van der Waals surface area contributed by atoms with E-state index in [4.69, 9.17) is 0 Å². The number of halogens is 3. The standard InChI is InChI=1S/C17H18F3NO3S/c18-17(19,20)11-3-1-2-10(8-11)12-9-13(12)14(22)21-16(15(23)24)4-6-25-7-5-16/h1-3,8,12-13H,4-7,9H2,(H,21,22)(H,23,24). The Morgan fingerprint density at radius 3 is 2.52 bits per heavy atom. The zero-order valence-electron chi connectivity index (χ0n) is 13.3. The van der Waals surface area contributed by atoms with Crippen LogP contribution in [0.25, 0.3) is 0 Å². The van der Waals surface area contributed by atoms with Gasteiger partial charge in [-0.25, -0.2) is 4.79 Å². The van der Waals surface area contributed by atoms with Crippen LogP contribution in [0.2, 0.25) is 0 Å². The monoisotopic (exact) mass is 373 g/mol. The van der Waals surface area contributed by atoms with Gasteiger partial charge in [0.15, 0.2) is 0 Å². The molecule has 4 nitrogen and oxygen atoms in total. The van der Waals surface area contributed by atoms with Gasteiger partial charge in [-0.3, -0.25) is 4.79 Å². The summed E-state index contributed by atoms with van der Waals surface area (Å²) in [5, 5.41) is 12.2. The van der Waals surface area contributed by atoms with Gasteiger partial charge in [0.2, 0.25) is 5.91 Å². The van der Waals surface area contributed by atoms with E-state index in [0.717, 1.165) is 12.1 Å². The van der Waals surface area contributed by atoms with Gasteiger partial charge in [0.1, 0.15) is 5.54 Å². The highest BCUT2D eigenvalue weighted by molar-refractivity contribution is 7.99. The number of carbonyl (C=O) groups is 2. The third-order valence-electron chi connectivity index (χ3n) is 4.89. The molecule has 1 amide bonds. The Kier molecular flexibility index (Phi) is 4.74. The number of alkyl halides is 3. The highest BCUT2D eigenvalue weighted by atomic mass is 32.2. The van der Waals surface area contributed by atoms with Gasteiger partial charge < -0.3 is 10.4 Å². The molecule has 25 heavy (non-hydrogen) atoms. The van der Waals surface area contributed by atoms with E-state index >= 15 is 0 Å². The van der Waals surface area contributed by atoms with E-state index in [2.05, 4.69) is 5.32 Å². The highest BCUT2D eigenvalue weighted by Crippen LogP contribution is 2.49. The van der Waals surface area contributed by atoms with Crippen LogP contribution in [0.3, 0.4) is 0 Å². The molecule has 2 N–H and O–H groups in total. The SMILES string of the molecule is O=C(NC1(C(=O)O)CCSCC1)C1CC1c1cccc(C(F)(F)F)c1. The fourth-order valence-corrected chi connectivity index (χ4v) is 4.43. The van der Waals surface area contributed by atoms with Crippen LogP contribution in [0, 0.1) is 5.92 Å². The predicted molar refractivity (Wildman–Crippen MR) is 87.4 cm³/mol. The maximum absolute atomic E-state index is 12.8. The molecule has 1 aromatic carbocycles. The Bertz CT molecular complexity index is 686. The van der Waals surface area contributed by atoms with Crippen molar-refractivity contribution in [1.82, 2.24) is 5.32 Å². The molecule has 0 spiro atoms. The summed E-state index contributed by atoms with van der Waals surface area (Å²) in [5.74, 6) is -0.850. The van der Waals surface area contributed by atoms with Gasteiger partial charge in [-0.1, -0.05) is 18.2 Å². The summed E-state index contributed by atoms with van der Waals surface area (Å²) in [7, 11) is 0. The van der Waals surface area contributed by atoms with Crippen LogP contribution in [0.4, 0.5) is 13.2 Å². The van der Waals surface area contributed by atoms with E-state index in [1.165, 1.54) is 6.07 Å². The molecule has 1 heterocycles. The number of carboxylic acids is 1. The fourth-order valence-electron chi connectivity index (χ4n) is 3.24. The van der Waals surface area contributed by atoms with Gasteiger partial charge in [-0.2, -0.15) is 24.9 Å². The van der Waals surface area contributed by atoms with E-state index in [9.17, 15) is 27.9 Å². The lowest BCUT2D eigenvalue weighted by Crippen LogP contribution is -2.57. The van der Waals surface area contributed by atoms with Crippen molar-refractivity contribution in [1.29, 1.82) is 0 Å². The minimum absolute atomic E-state index is 0.286. The van der Waals surface area contributed by atoms with Crippen molar-refractivity contribution in [3.8, 4) is 0 Å². The Balaban J connectivity index is 1.69.